The number of aromatic carboxylic acids is 1. The van der Waals surface area contributed by atoms with Crippen LogP contribution in [0, 0.1) is 42.4 Å². The first kappa shape index (κ1) is 114. The molecule has 0 saturated carbocycles. The van der Waals surface area contributed by atoms with E-state index in [0.29, 0.717) is 39.8 Å². The standard InChI is InChI=1S/C98H135N17O23S/c1-52(2)37-68-78(117)45-67(55(7)8)85(124)114-98(13,51-116)97(137)112-77(86(125)102-48-80(101)119)49-139-50-81(120)103-71(41-61-27-33-66(34-28-61)138-36-35-99)89(128)107-72(42-60-25-31-65(32-26-60)96(135)136)90(129)111-76(47-82(121)122)93(132)109-74(44-62-20-18-19-57(11)40-62)91(130)106-70(39-54(5)6)88(127)108-73(43-59-23-29-64(30-24-59)63-21-16-15-17-22-63)94(133)113-83(56(9)10)95(134)115(14)58(12)84(123)105-69(38-53(3)4)87(126)110-75(46-79(100)118)92(131)104-68/h15-34,40,52-56,58,67-77,83,116H,35-39,41-51,99H2,1-14H3,(H2,100,118)(H2,101,119)(H,102,125)(H,103,120)(H,104,131)(H,105,123)(H,106,130)(H,107,128)(H,108,127)(H,109,132)(H,110,126)(H,111,129)(H,112,137)(H,113,133)(H,114,124)(H,121,122)(H,135,136)/t58-,67-,68-,69+,70-,71-,72-,73-,74-,75-,76-,77-,83-,98-/m0/s1. The van der Waals surface area contributed by atoms with E-state index in [9.17, 15) is 72.9 Å². The number of nitrogens with zero attached hydrogens (tertiary/aromatic N) is 1. The van der Waals surface area contributed by atoms with E-state index >= 15 is 33.6 Å². The molecule has 756 valence electrons. The van der Waals surface area contributed by atoms with E-state index in [1.165, 1.54) is 50.4 Å². The summed E-state index contributed by atoms with van der Waals surface area (Å²) < 4.78 is 5.66. The lowest BCUT2D eigenvalue weighted by Gasteiger charge is -2.33. The third-order valence-electron chi connectivity index (χ3n) is 23.0. The SMILES string of the molecule is Cc1cccc(C[C@@H]2NC(=O)[C@H](CC(=O)O)NC(=O)[C@H](Cc3ccc(C(=O)O)cc3)NC(=O)[C@H](Cc3ccc(OCCN)cc3)NC(=O)CSC[C@@H](C(=O)NCC(N)=O)NC(=O)[C@](C)(CO)NC(=O)[C@H](C(C)C)CC(=O)[C@H](CC(C)C)NC(=O)[C@H](CC(N)=O)NC(=O)[C@@H](CC(C)C)NC(=O)[C@H](C)N(C)C(=O)[C@H](C(C)C)NC(=O)[C@H](Cc3ccc(-c4ccccc4)cc3)NC(=O)[C@H](CC(C)C)NC2=O)c1. The number of carbonyl (C=O) groups is 19. The van der Waals surface area contributed by atoms with Crippen LogP contribution in [-0.4, -0.2) is 255 Å². The molecule has 0 aromatic heterocycles. The van der Waals surface area contributed by atoms with E-state index < -0.39 is 264 Å². The number of benzene rings is 5. The number of thioether (sulfide) groups is 1. The summed E-state index contributed by atoms with van der Waals surface area (Å²) in [6, 6.07) is 14.4. The van der Waals surface area contributed by atoms with E-state index in [2.05, 4.69) is 69.1 Å². The lowest BCUT2D eigenvalue weighted by molar-refractivity contribution is -0.143. The Morgan fingerprint density at radius 1 is 0.496 bits per heavy atom. The molecule has 1 saturated heterocycles. The van der Waals surface area contributed by atoms with E-state index in [4.69, 9.17) is 21.9 Å². The lowest BCUT2D eigenvalue weighted by Crippen LogP contribution is -2.64. The molecule has 1 fully saturated rings. The highest BCUT2D eigenvalue weighted by atomic mass is 32.2. The predicted molar refractivity (Wildman–Crippen MR) is 516 cm³/mol. The normalized spacial score (nSPS) is 23.3. The fraction of sp³-hybridized carbons (Fsp3) is 0.500. The number of hydrogen-bond donors (Lipinski definition) is 19. The molecule has 14 atom stereocenters. The van der Waals surface area contributed by atoms with Gasteiger partial charge in [-0.2, -0.15) is 0 Å². The summed E-state index contributed by atoms with van der Waals surface area (Å²) in [6.45, 7) is 19.1. The highest BCUT2D eigenvalue weighted by molar-refractivity contribution is 8.00. The van der Waals surface area contributed by atoms with Gasteiger partial charge in [0.25, 0.3) is 0 Å². The highest BCUT2D eigenvalue weighted by Gasteiger charge is 2.44. The molecular weight excluding hydrogens is 1820 g/mol. The van der Waals surface area contributed by atoms with Crippen molar-refractivity contribution in [2.75, 3.05) is 44.9 Å². The molecule has 5 aromatic rings. The Hall–Kier alpha value is -13.7. The lowest BCUT2D eigenvalue weighted by atomic mass is 9.85. The maximum absolute atomic E-state index is 15.4. The molecule has 22 N–H and O–H groups in total. The van der Waals surface area contributed by atoms with Gasteiger partial charge in [-0.3, -0.25) is 86.3 Å². The Bertz CT molecular complexity index is 5140. The van der Waals surface area contributed by atoms with Crippen LogP contribution < -0.4 is 91.1 Å². The van der Waals surface area contributed by atoms with Gasteiger partial charge in [-0.1, -0.05) is 178 Å². The van der Waals surface area contributed by atoms with Crippen LogP contribution in [0.2, 0.25) is 0 Å². The van der Waals surface area contributed by atoms with Gasteiger partial charge in [0.1, 0.15) is 84.4 Å². The number of likely N-dealkylation sites (N-methyl/N-ethyl adjacent to an activating group) is 1. The first-order valence-electron chi connectivity index (χ1n) is 46.1. The third kappa shape index (κ3) is 37.3. The molecule has 1 aliphatic heterocycles. The molecule has 16 amide bonds. The number of ketones is 1. The molecule has 5 aromatic carbocycles. The number of nitrogens with two attached hydrogens (primary N) is 3. The molecule has 139 heavy (non-hydrogen) atoms. The zero-order valence-electron chi connectivity index (χ0n) is 80.9. The molecule has 0 radical (unpaired) electrons. The fourth-order valence-electron chi connectivity index (χ4n) is 15.1. The third-order valence-corrected chi connectivity index (χ3v) is 24.0. The van der Waals surface area contributed by atoms with Gasteiger partial charge in [-0.25, -0.2) is 4.79 Å². The second kappa shape index (κ2) is 55.0. The topological polar surface area (TPSA) is 632 Å². The van der Waals surface area contributed by atoms with Crippen molar-refractivity contribution in [2.24, 2.45) is 52.7 Å². The van der Waals surface area contributed by atoms with Gasteiger partial charge < -0.3 is 111 Å². The first-order chi connectivity index (χ1) is 65.5. The number of aliphatic hydroxyl groups excluding tert-OH is 1. The Kier molecular flexibility index (Phi) is 45.1. The minimum absolute atomic E-state index is 0.0896. The summed E-state index contributed by atoms with van der Waals surface area (Å²) >= 11 is 0.676. The monoisotopic (exact) mass is 1950 g/mol. The number of Topliss-reactive ketones (excluding diaryl/α,β-unsaturated/α-hetero) is 1. The van der Waals surface area contributed by atoms with Crippen LogP contribution in [-0.2, 0) is 112 Å². The summed E-state index contributed by atoms with van der Waals surface area (Å²) in [4.78, 5) is 274. The summed E-state index contributed by atoms with van der Waals surface area (Å²) in [5.41, 5.74) is 18.1. The number of rotatable bonds is 29. The van der Waals surface area contributed by atoms with Crippen molar-refractivity contribution in [1.29, 1.82) is 0 Å². The Labute approximate surface area is 812 Å². The van der Waals surface area contributed by atoms with Crippen molar-refractivity contribution in [3.05, 3.63) is 161 Å². The number of amides is 16. The fourth-order valence-corrected chi connectivity index (χ4v) is 15.9. The summed E-state index contributed by atoms with van der Waals surface area (Å²) in [6.07, 6.45) is -4.49. The quantitative estimate of drug-likeness (QED) is 0.0314. The number of aryl methyl sites for hydroxylation is 1. The largest absolute Gasteiger partial charge is 0.492 e. The number of ether oxygens (including phenoxy) is 1. The van der Waals surface area contributed by atoms with Crippen molar-refractivity contribution >= 4 is 124 Å². The Morgan fingerprint density at radius 3 is 1.40 bits per heavy atom. The van der Waals surface area contributed by atoms with Gasteiger partial charge >= 0.3 is 11.9 Å². The van der Waals surface area contributed by atoms with Crippen LogP contribution in [0.5, 0.6) is 5.75 Å². The van der Waals surface area contributed by atoms with Crippen molar-refractivity contribution in [1.82, 2.24) is 74.0 Å². The molecule has 0 aliphatic carbocycles. The molecule has 1 heterocycles. The van der Waals surface area contributed by atoms with Gasteiger partial charge in [-0.15, -0.1) is 11.8 Å². The van der Waals surface area contributed by atoms with E-state index in [1.54, 1.807) is 137 Å². The van der Waals surface area contributed by atoms with Gasteiger partial charge in [0.05, 0.1) is 43.4 Å². The van der Waals surface area contributed by atoms with Gasteiger partial charge in [0.2, 0.25) is 94.5 Å². The second-order valence-corrected chi connectivity index (χ2v) is 38.0. The molecule has 0 spiro atoms. The van der Waals surface area contributed by atoms with Gasteiger partial charge in [-0.05, 0) is 127 Å². The number of hydrogen-bond acceptors (Lipinski definition) is 23. The average Bonchev–Trinajstić information content (AvgIpc) is 0.821. The Morgan fingerprint density at radius 2 is 0.935 bits per heavy atom. The van der Waals surface area contributed by atoms with Crippen molar-refractivity contribution in [3.8, 4) is 16.9 Å². The number of carbonyl (C=O) groups excluding carboxylic acids is 17. The molecule has 40 nitrogen and oxygen atoms in total. The van der Waals surface area contributed by atoms with E-state index in [0.717, 1.165) is 23.0 Å². The molecule has 1 aliphatic rings. The van der Waals surface area contributed by atoms with Crippen molar-refractivity contribution in [2.45, 2.75) is 232 Å². The maximum Gasteiger partial charge on any atom is 0.335 e. The molecular formula is C98H135N17O23S. The molecule has 41 heteroatoms. The number of aliphatic carboxylic acids is 1. The Balaban J connectivity index is 1.51. The second-order valence-electron chi connectivity index (χ2n) is 37.0. The number of carboxylic acids is 2. The molecule has 0 unspecified atom stereocenters. The average molecular weight is 1950 g/mol. The summed E-state index contributed by atoms with van der Waals surface area (Å²) in [7, 11) is 1.27. The number of nitrogens with one attached hydrogen (secondary N) is 13. The summed E-state index contributed by atoms with van der Waals surface area (Å²) in [5.74, 6) is -25.3. The van der Waals surface area contributed by atoms with Crippen LogP contribution in [0.25, 0.3) is 11.1 Å². The highest BCUT2D eigenvalue weighted by Crippen LogP contribution is 2.26. The zero-order chi connectivity index (χ0) is 103. The minimum Gasteiger partial charge on any atom is -0.492 e. The van der Waals surface area contributed by atoms with Crippen molar-refractivity contribution in [3.63, 3.8) is 0 Å². The van der Waals surface area contributed by atoms with Crippen LogP contribution in [0.3, 0.4) is 0 Å². The van der Waals surface area contributed by atoms with Gasteiger partial charge in [0, 0.05) is 57.4 Å². The van der Waals surface area contributed by atoms with Crippen molar-refractivity contribution < 1.29 is 111 Å². The molecule has 0 bridgehead atoms. The molecule has 6 rings (SSSR count). The minimum atomic E-state index is -2.34. The summed E-state index contributed by atoms with van der Waals surface area (Å²) in [5, 5.41) is 64.9. The van der Waals surface area contributed by atoms with Crippen LogP contribution in [0.4, 0.5) is 0 Å². The predicted octanol–water partition coefficient (Wildman–Crippen LogP) is 0.739. The van der Waals surface area contributed by atoms with Crippen LogP contribution in [0.15, 0.2) is 127 Å². The van der Waals surface area contributed by atoms with E-state index in [-0.39, 0.29) is 74.6 Å². The van der Waals surface area contributed by atoms with E-state index in [1.807, 2.05) is 30.3 Å². The smallest absolute Gasteiger partial charge is 0.335 e. The van der Waals surface area contributed by atoms with Crippen LogP contribution >= 0.6 is 11.8 Å². The number of aliphatic hydroxyl groups is 1. The number of carboxylic acid groups (broad SMARTS) is 2. The zero-order valence-corrected chi connectivity index (χ0v) is 81.7. The van der Waals surface area contributed by atoms with Crippen LogP contribution in [0.1, 0.15) is 160 Å². The maximum atomic E-state index is 15.4. The first-order valence-corrected chi connectivity index (χ1v) is 47.3. The van der Waals surface area contributed by atoms with Gasteiger partial charge in [0.15, 0.2) is 5.78 Å². The number of primary amides is 2.